The zero-order valence-corrected chi connectivity index (χ0v) is 11.6. The molecular weight excluding hydrogens is 236 g/mol. The second-order valence-electron chi connectivity index (χ2n) is 5.11. The van der Waals surface area contributed by atoms with Gasteiger partial charge in [-0.05, 0) is 43.9 Å². The summed E-state index contributed by atoms with van der Waals surface area (Å²) < 4.78 is 5.96. The van der Waals surface area contributed by atoms with Gasteiger partial charge >= 0.3 is 0 Å². The van der Waals surface area contributed by atoms with E-state index in [0.29, 0.717) is 18.8 Å². The van der Waals surface area contributed by atoms with E-state index in [1.165, 1.54) is 12.8 Å². The number of ether oxygens (including phenoxy) is 1. The molecule has 1 aromatic carbocycles. The van der Waals surface area contributed by atoms with E-state index < -0.39 is 0 Å². The van der Waals surface area contributed by atoms with Gasteiger partial charge in [-0.25, -0.2) is 0 Å². The van der Waals surface area contributed by atoms with Gasteiger partial charge in [-0.15, -0.1) is 0 Å². The van der Waals surface area contributed by atoms with Crippen LogP contribution in [0.15, 0.2) is 24.3 Å². The monoisotopic (exact) mass is 258 g/mol. The Bertz CT molecular complexity index is 431. The summed E-state index contributed by atoms with van der Waals surface area (Å²) in [6, 6.07) is 10.6. The minimum absolute atomic E-state index is 0.349. The zero-order chi connectivity index (χ0) is 13.5. The van der Waals surface area contributed by atoms with E-state index in [-0.39, 0.29) is 0 Å². The van der Waals surface area contributed by atoms with E-state index in [1.807, 2.05) is 24.3 Å². The van der Waals surface area contributed by atoms with Gasteiger partial charge in [-0.2, -0.15) is 5.26 Å². The van der Waals surface area contributed by atoms with Crippen molar-refractivity contribution in [1.82, 2.24) is 5.32 Å². The largest absolute Gasteiger partial charge is 0.373 e. The van der Waals surface area contributed by atoms with Crippen molar-refractivity contribution in [3.8, 4) is 6.07 Å². The van der Waals surface area contributed by atoms with Crippen LogP contribution in [-0.2, 0) is 11.3 Å². The quantitative estimate of drug-likeness (QED) is 0.883. The van der Waals surface area contributed by atoms with Crippen LogP contribution in [0, 0.1) is 11.3 Å². The average Bonchev–Trinajstić information content (AvgIpc) is 2.47. The highest BCUT2D eigenvalue weighted by molar-refractivity contribution is 5.36. The normalized spacial score (nSPS) is 22.9. The second kappa shape index (κ2) is 7.28. The Labute approximate surface area is 115 Å². The molecule has 0 amide bonds. The van der Waals surface area contributed by atoms with E-state index in [2.05, 4.69) is 18.3 Å². The van der Waals surface area contributed by atoms with Gasteiger partial charge in [0.15, 0.2) is 0 Å². The number of nitriles is 1. The highest BCUT2D eigenvalue weighted by Gasteiger charge is 2.20. The van der Waals surface area contributed by atoms with E-state index in [4.69, 9.17) is 10.00 Å². The number of rotatable bonds is 5. The molecule has 0 unspecified atom stereocenters. The van der Waals surface area contributed by atoms with Crippen molar-refractivity contribution >= 4 is 0 Å². The minimum Gasteiger partial charge on any atom is -0.373 e. The van der Waals surface area contributed by atoms with Gasteiger partial charge in [0.05, 0.1) is 24.3 Å². The van der Waals surface area contributed by atoms with Gasteiger partial charge in [0.2, 0.25) is 0 Å². The molecule has 0 aromatic heterocycles. The van der Waals surface area contributed by atoms with Crippen LogP contribution in [0.1, 0.15) is 43.7 Å². The van der Waals surface area contributed by atoms with Crippen LogP contribution in [-0.4, -0.2) is 18.7 Å². The molecule has 19 heavy (non-hydrogen) atoms. The van der Waals surface area contributed by atoms with Crippen LogP contribution < -0.4 is 5.32 Å². The van der Waals surface area contributed by atoms with Crippen molar-refractivity contribution in [1.29, 1.82) is 5.26 Å². The van der Waals surface area contributed by atoms with Gasteiger partial charge in [0.1, 0.15) is 0 Å². The number of benzene rings is 1. The molecule has 0 saturated heterocycles. The fourth-order valence-electron chi connectivity index (χ4n) is 2.69. The van der Waals surface area contributed by atoms with Gasteiger partial charge in [-0.1, -0.05) is 25.1 Å². The molecule has 2 rings (SSSR count). The first-order chi connectivity index (χ1) is 9.33. The zero-order valence-electron chi connectivity index (χ0n) is 11.6. The summed E-state index contributed by atoms with van der Waals surface area (Å²) in [5.74, 6) is 0. The molecule has 0 radical (unpaired) electrons. The van der Waals surface area contributed by atoms with Crippen molar-refractivity contribution in [2.45, 2.75) is 51.4 Å². The maximum Gasteiger partial charge on any atom is 0.0995 e. The molecule has 102 valence electrons. The molecule has 1 aromatic rings. The molecule has 1 fully saturated rings. The van der Waals surface area contributed by atoms with Crippen LogP contribution in [0.2, 0.25) is 0 Å². The van der Waals surface area contributed by atoms with Gasteiger partial charge in [-0.3, -0.25) is 0 Å². The molecule has 1 aliphatic carbocycles. The minimum atomic E-state index is 0.349. The molecule has 3 nitrogen and oxygen atoms in total. The summed E-state index contributed by atoms with van der Waals surface area (Å²) in [6.07, 6.45) is 4.97. The maximum absolute atomic E-state index is 9.04. The van der Waals surface area contributed by atoms with E-state index in [9.17, 15) is 0 Å². The molecule has 0 heterocycles. The molecule has 0 atom stereocenters. The predicted molar refractivity (Wildman–Crippen MR) is 75.7 cm³/mol. The summed E-state index contributed by atoms with van der Waals surface area (Å²) in [5.41, 5.74) is 1.72. The number of hydrogen-bond donors (Lipinski definition) is 1. The van der Waals surface area contributed by atoms with Crippen molar-refractivity contribution in [3.05, 3.63) is 35.4 Å². The Morgan fingerprint density at radius 3 is 2.68 bits per heavy atom. The summed E-state index contributed by atoms with van der Waals surface area (Å²) >= 11 is 0. The number of hydrogen-bond acceptors (Lipinski definition) is 3. The summed E-state index contributed by atoms with van der Waals surface area (Å²) in [4.78, 5) is 0. The summed E-state index contributed by atoms with van der Waals surface area (Å²) in [7, 11) is 0. The highest BCUT2D eigenvalue weighted by atomic mass is 16.5. The maximum atomic E-state index is 9.04. The van der Waals surface area contributed by atoms with E-state index in [1.54, 1.807) is 0 Å². The number of nitrogens with zero attached hydrogens (tertiary/aromatic N) is 1. The van der Waals surface area contributed by atoms with Crippen LogP contribution in [0.3, 0.4) is 0 Å². The van der Waals surface area contributed by atoms with Crippen molar-refractivity contribution in [3.63, 3.8) is 0 Å². The third-order valence-corrected chi connectivity index (χ3v) is 3.78. The molecule has 0 aliphatic heterocycles. The lowest BCUT2D eigenvalue weighted by Gasteiger charge is -2.29. The Morgan fingerprint density at radius 2 is 2.00 bits per heavy atom. The first kappa shape index (κ1) is 14.0. The van der Waals surface area contributed by atoms with Gasteiger partial charge < -0.3 is 10.1 Å². The fraction of sp³-hybridized carbons (Fsp3) is 0.562. The SMILES string of the molecule is CCNC1CCC(OCc2ccccc2C#N)CC1. The molecule has 1 N–H and O–H groups in total. The summed E-state index contributed by atoms with van der Waals surface area (Å²) in [6.45, 7) is 3.76. The standard InChI is InChI=1S/C16H22N2O/c1-2-18-15-7-9-16(10-8-15)19-12-14-6-4-3-5-13(14)11-17/h3-6,15-16,18H,2,7-10,12H2,1H3. The van der Waals surface area contributed by atoms with Crippen molar-refractivity contribution in [2.75, 3.05) is 6.54 Å². The van der Waals surface area contributed by atoms with E-state index >= 15 is 0 Å². The topological polar surface area (TPSA) is 45.0 Å². The van der Waals surface area contributed by atoms with E-state index in [0.717, 1.165) is 30.5 Å². The predicted octanol–water partition coefficient (Wildman–Crippen LogP) is 3.00. The number of nitrogens with one attached hydrogen (secondary N) is 1. The van der Waals surface area contributed by atoms with Gasteiger partial charge in [0.25, 0.3) is 0 Å². The first-order valence-electron chi connectivity index (χ1n) is 7.16. The van der Waals surface area contributed by atoms with Crippen LogP contribution >= 0.6 is 0 Å². The summed E-state index contributed by atoms with van der Waals surface area (Å²) in [5, 5.41) is 12.5. The highest BCUT2D eigenvalue weighted by Crippen LogP contribution is 2.22. The smallest absolute Gasteiger partial charge is 0.0995 e. The third-order valence-electron chi connectivity index (χ3n) is 3.78. The molecule has 0 spiro atoms. The lowest BCUT2D eigenvalue weighted by atomic mass is 9.93. The second-order valence-corrected chi connectivity index (χ2v) is 5.11. The van der Waals surface area contributed by atoms with Crippen molar-refractivity contribution < 1.29 is 4.74 Å². The van der Waals surface area contributed by atoms with Gasteiger partial charge in [0, 0.05) is 6.04 Å². The van der Waals surface area contributed by atoms with Crippen LogP contribution in [0.5, 0.6) is 0 Å². The first-order valence-corrected chi connectivity index (χ1v) is 7.16. The van der Waals surface area contributed by atoms with Crippen molar-refractivity contribution in [2.24, 2.45) is 0 Å². The molecule has 3 heteroatoms. The molecule has 1 aliphatic rings. The van der Waals surface area contributed by atoms with Crippen LogP contribution in [0.4, 0.5) is 0 Å². The third kappa shape index (κ3) is 4.05. The molecule has 1 saturated carbocycles. The Balaban J connectivity index is 1.79. The Kier molecular flexibility index (Phi) is 5.38. The Hall–Kier alpha value is -1.37. The fourth-order valence-corrected chi connectivity index (χ4v) is 2.69. The van der Waals surface area contributed by atoms with Crippen LogP contribution in [0.25, 0.3) is 0 Å². The lowest BCUT2D eigenvalue weighted by Crippen LogP contribution is -2.35. The molecular formula is C16H22N2O. The lowest BCUT2D eigenvalue weighted by molar-refractivity contribution is 0.0114. The Morgan fingerprint density at radius 1 is 1.26 bits per heavy atom. The average molecular weight is 258 g/mol. The molecule has 0 bridgehead atoms.